The number of nitrogens with one attached hydrogen (secondary N) is 1. The van der Waals surface area contributed by atoms with Crippen LogP contribution in [-0.4, -0.2) is 24.3 Å². The van der Waals surface area contributed by atoms with Crippen molar-refractivity contribution in [2.45, 2.75) is 6.17 Å². The molecule has 0 amide bonds. The van der Waals surface area contributed by atoms with Gasteiger partial charge in [-0.1, -0.05) is 249 Å². The van der Waals surface area contributed by atoms with Crippen LogP contribution in [0.4, 0.5) is 0 Å². The Bertz CT molecular complexity index is 4250. The molecule has 1 unspecified atom stereocenters. The van der Waals surface area contributed by atoms with Gasteiger partial charge in [-0.05, 0) is 100 Å². The van der Waals surface area contributed by atoms with Crippen molar-refractivity contribution in [1.82, 2.24) is 9.88 Å². The molecule has 12 aromatic carbocycles. The number of nitrogens with zero attached hydrogens (tertiary/aromatic N) is 3. The Hall–Kier alpha value is -9.42. The Morgan fingerprint density at radius 2 is 0.878 bits per heavy atom. The van der Waals surface area contributed by atoms with E-state index in [-0.39, 0.29) is 6.17 Å². The monoisotopic (exact) mass is 960 g/mol. The van der Waals surface area contributed by atoms with E-state index >= 15 is 0 Å². The molecule has 74 heavy (non-hydrogen) atoms. The second-order valence-corrected chi connectivity index (χ2v) is 23.1. The molecule has 0 aliphatic carbocycles. The van der Waals surface area contributed by atoms with Crippen molar-refractivity contribution >= 4 is 94.6 Å². The smallest absolute Gasteiger partial charge is 0.179 e. The van der Waals surface area contributed by atoms with E-state index in [0.29, 0.717) is 5.84 Å². The van der Waals surface area contributed by atoms with Gasteiger partial charge in [-0.25, -0.2) is 9.98 Å². The lowest BCUT2D eigenvalue weighted by Gasteiger charge is -2.35. The van der Waals surface area contributed by atoms with Crippen molar-refractivity contribution in [3.63, 3.8) is 0 Å². The largest absolute Gasteiger partial charge is 0.344 e. The zero-order chi connectivity index (χ0) is 49.0. The Balaban J connectivity index is 1.03. The average Bonchev–Trinajstić information content (AvgIpc) is 3.83. The molecule has 0 radical (unpaired) electrons. The van der Waals surface area contributed by atoms with E-state index < -0.39 is 8.07 Å². The van der Waals surface area contributed by atoms with Crippen LogP contribution in [0.15, 0.2) is 289 Å². The fourth-order valence-electron chi connectivity index (χ4n) is 11.9. The molecular formula is C69H48N4Si. The van der Waals surface area contributed by atoms with Crippen LogP contribution in [0.5, 0.6) is 0 Å². The zero-order valence-electron chi connectivity index (χ0n) is 40.5. The molecule has 13 aromatic rings. The van der Waals surface area contributed by atoms with Crippen molar-refractivity contribution in [2.75, 3.05) is 0 Å². The molecule has 5 heteroatoms. The molecule has 1 N–H and O–H groups in total. The summed E-state index contributed by atoms with van der Waals surface area (Å²) in [5.41, 5.74) is 8.71. The summed E-state index contributed by atoms with van der Waals surface area (Å²) >= 11 is 0. The average molecular weight is 961 g/mol. The third kappa shape index (κ3) is 7.12. The molecule has 348 valence electrons. The fourth-order valence-corrected chi connectivity index (χ4v) is 16.6. The van der Waals surface area contributed by atoms with Gasteiger partial charge in [-0.15, -0.1) is 0 Å². The second-order valence-electron chi connectivity index (χ2n) is 19.3. The third-order valence-corrected chi connectivity index (χ3v) is 19.9. The first kappa shape index (κ1) is 43.4. The summed E-state index contributed by atoms with van der Waals surface area (Å²) < 4.78 is 2.48. The highest BCUT2D eigenvalue weighted by atomic mass is 28.3. The zero-order valence-corrected chi connectivity index (χ0v) is 41.5. The fraction of sp³-hybridized carbons (Fsp3) is 0.0145. The van der Waals surface area contributed by atoms with Gasteiger partial charge in [-0.3, -0.25) is 0 Å². The van der Waals surface area contributed by atoms with Gasteiger partial charge in [0.05, 0.1) is 11.0 Å². The number of benzene rings is 12. The minimum atomic E-state index is -3.08. The Labute approximate surface area is 430 Å². The van der Waals surface area contributed by atoms with Crippen molar-refractivity contribution in [3.05, 3.63) is 296 Å². The number of rotatable bonds is 9. The minimum absolute atomic E-state index is 0.333. The van der Waals surface area contributed by atoms with E-state index in [1.54, 1.807) is 0 Å². The van der Waals surface area contributed by atoms with E-state index in [0.717, 1.165) is 55.6 Å². The van der Waals surface area contributed by atoms with Gasteiger partial charge in [-0.2, -0.15) is 0 Å². The van der Waals surface area contributed by atoms with Crippen LogP contribution in [-0.2, 0) is 0 Å². The molecule has 1 aliphatic heterocycles. The van der Waals surface area contributed by atoms with E-state index in [2.05, 4.69) is 283 Å². The topological polar surface area (TPSA) is 41.7 Å². The van der Waals surface area contributed by atoms with Gasteiger partial charge >= 0.3 is 0 Å². The lowest BCUT2D eigenvalue weighted by molar-refractivity contribution is 0.674. The molecular weight excluding hydrogens is 913 g/mol. The van der Waals surface area contributed by atoms with Gasteiger partial charge in [0.15, 0.2) is 13.9 Å². The van der Waals surface area contributed by atoms with Gasteiger partial charge in [0.1, 0.15) is 12.0 Å². The highest BCUT2D eigenvalue weighted by Crippen LogP contribution is 2.39. The van der Waals surface area contributed by atoms with Gasteiger partial charge in [0, 0.05) is 27.6 Å². The minimum Gasteiger partial charge on any atom is -0.344 e. The highest BCUT2D eigenvalue weighted by molar-refractivity contribution is 7.20. The van der Waals surface area contributed by atoms with Crippen molar-refractivity contribution in [1.29, 1.82) is 0 Å². The summed E-state index contributed by atoms with van der Waals surface area (Å²) in [5.74, 6) is 1.48. The molecule has 4 nitrogen and oxygen atoms in total. The van der Waals surface area contributed by atoms with E-state index in [4.69, 9.17) is 9.98 Å². The molecule has 0 saturated carbocycles. The van der Waals surface area contributed by atoms with Gasteiger partial charge < -0.3 is 9.88 Å². The first-order valence-corrected chi connectivity index (χ1v) is 27.4. The SMILES string of the molecule is c1ccc(C2=NC(c3ccccc3)NC(c3cccc4c3c3cc(-c5ccccc5)ccc3n4-c3cccc([Si](c4ccccc4)(c4ccccc4)c4ccc5c6ccccc6c6ccccc6c5c4)c3)=N2)cc1. The standard InChI is InChI=1S/C69H48N4Si/c1-6-22-47(23-7-1)50-40-43-64-63(44-50)66-61(69-71-67(48-24-8-2-9-25-48)70-68(72-69)49-26-10-3-11-27-49)38-21-39-65(66)73(64)51-28-20-33-54(45-51)74(52-29-12-4-13-30-52,53-31-14-5-15-32-53)55-41-42-60-58-36-17-16-34-56(58)57-35-18-19-37-59(57)62(60)46-55/h1-46,67H,(H,70,71,72). The summed E-state index contributed by atoms with van der Waals surface area (Å²) in [7, 11) is -3.08. The normalized spacial score (nSPS) is 13.8. The Morgan fingerprint density at radius 1 is 0.351 bits per heavy atom. The Kier molecular flexibility index (Phi) is 10.6. The van der Waals surface area contributed by atoms with Crippen LogP contribution in [0.25, 0.3) is 70.9 Å². The predicted molar refractivity (Wildman–Crippen MR) is 314 cm³/mol. The summed E-state index contributed by atoms with van der Waals surface area (Å²) in [6, 6.07) is 102. The summed E-state index contributed by atoms with van der Waals surface area (Å²) in [5, 5.41) is 19.0. The highest BCUT2D eigenvalue weighted by Gasteiger charge is 2.42. The van der Waals surface area contributed by atoms with E-state index in [9.17, 15) is 0 Å². The number of hydrogen-bond acceptors (Lipinski definition) is 3. The molecule has 0 fully saturated rings. The molecule has 1 atom stereocenters. The molecule has 1 aromatic heterocycles. The second kappa shape index (κ2) is 18.0. The Morgan fingerprint density at radius 3 is 1.53 bits per heavy atom. The summed E-state index contributed by atoms with van der Waals surface area (Å²) in [6.07, 6.45) is -0.333. The van der Waals surface area contributed by atoms with Crippen LogP contribution >= 0.6 is 0 Å². The van der Waals surface area contributed by atoms with Crippen LogP contribution in [0, 0.1) is 0 Å². The molecule has 0 spiro atoms. The maximum atomic E-state index is 5.37. The predicted octanol–water partition coefficient (Wildman–Crippen LogP) is 13.8. The molecule has 2 heterocycles. The number of fused-ring (bicyclic) bond motifs is 9. The lowest BCUT2D eigenvalue weighted by atomic mass is 9.94. The number of aliphatic imine (C=N–C) groups is 2. The third-order valence-electron chi connectivity index (χ3n) is 15.2. The summed E-state index contributed by atoms with van der Waals surface area (Å²) in [4.78, 5) is 10.6. The molecule has 14 rings (SSSR count). The number of aromatic nitrogens is 1. The van der Waals surface area contributed by atoms with Crippen LogP contribution in [0.3, 0.4) is 0 Å². The van der Waals surface area contributed by atoms with Crippen LogP contribution in [0.1, 0.15) is 22.9 Å². The van der Waals surface area contributed by atoms with Crippen molar-refractivity contribution in [2.24, 2.45) is 9.98 Å². The molecule has 0 saturated heterocycles. The quantitative estimate of drug-likeness (QED) is 0.0874. The maximum Gasteiger partial charge on any atom is 0.179 e. The van der Waals surface area contributed by atoms with E-state index in [1.165, 1.54) is 58.6 Å². The number of hydrogen-bond donors (Lipinski definition) is 1. The first-order chi connectivity index (χ1) is 36.7. The van der Waals surface area contributed by atoms with Crippen molar-refractivity contribution < 1.29 is 0 Å². The lowest BCUT2D eigenvalue weighted by Crippen LogP contribution is -2.74. The van der Waals surface area contributed by atoms with Gasteiger partial charge in [0.25, 0.3) is 0 Å². The first-order valence-electron chi connectivity index (χ1n) is 25.4. The van der Waals surface area contributed by atoms with Gasteiger partial charge in [0.2, 0.25) is 0 Å². The molecule has 1 aliphatic rings. The van der Waals surface area contributed by atoms with Crippen LogP contribution in [0.2, 0.25) is 0 Å². The molecule has 0 bridgehead atoms. The van der Waals surface area contributed by atoms with Crippen molar-refractivity contribution in [3.8, 4) is 16.8 Å². The maximum absolute atomic E-state index is 5.37. The van der Waals surface area contributed by atoms with Crippen LogP contribution < -0.4 is 26.1 Å². The number of amidine groups is 2. The summed E-state index contributed by atoms with van der Waals surface area (Å²) in [6.45, 7) is 0. The van der Waals surface area contributed by atoms with E-state index in [1.807, 2.05) is 6.07 Å².